The van der Waals surface area contributed by atoms with Crippen LogP contribution in [0.3, 0.4) is 0 Å². The molecule has 106 valence electrons. The highest BCUT2D eigenvalue weighted by atomic mass is 16.7. The third-order valence-corrected chi connectivity index (χ3v) is 5.03. The van der Waals surface area contributed by atoms with Crippen molar-refractivity contribution in [1.82, 2.24) is 4.90 Å². The molecule has 1 atom stereocenters. The molecular weight excluding hydrogens is 254 g/mol. The standard InChI is InChI=1S/C16H19NO3/c1-12(13-5-3-2-4-6-13)17-11-16(19-9-10-20-16)15(7-8-15)14(17)18/h2-6,12H,7-11H2,1H3/t12-/m1/s1. The van der Waals surface area contributed by atoms with Gasteiger partial charge in [-0.1, -0.05) is 30.3 Å². The topological polar surface area (TPSA) is 38.8 Å². The average molecular weight is 273 g/mol. The highest BCUT2D eigenvalue weighted by molar-refractivity contribution is 5.89. The van der Waals surface area contributed by atoms with Gasteiger partial charge in [0.2, 0.25) is 11.7 Å². The van der Waals surface area contributed by atoms with E-state index in [1.165, 1.54) is 0 Å². The molecule has 4 nitrogen and oxygen atoms in total. The van der Waals surface area contributed by atoms with Crippen LogP contribution in [-0.2, 0) is 14.3 Å². The van der Waals surface area contributed by atoms with Crippen LogP contribution in [0, 0.1) is 5.41 Å². The number of nitrogens with zero attached hydrogens (tertiary/aromatic N) is 1. The summed E-state index contributed by atoms with van der Waals surface area (Å²) in [5.41, 5.74) is 0.763. The van der Waals surface area contributed by atoms with Gasteiger partial charge in [0.05, 0.1) is 25.8 Å². The number of amides is 1. The molecule has 1 amide bonds. The van der Waals surface area contributed by atoms with Gasteiger partial charge in [-0.05, 0) is 25.3 Å². The van der Waals surface area contributed by atoms with Crippen molar-refractivity contribution in [2.24, 2.45) is 5.41 Å². The van der Waals surface area contributed by atoms with E-state index in [2.05, 4.69) is 19.1 Å². The first-order valence-electron chi connectivity index (χ1n) is 7.33. The van der Waals surface area contributed by atoms with Crippen molar-refractivity contribution in [3.63, 3.8) is 0 Å². The van der Waals surface area contributed by atoms with E-state index in [1.54, 1.807) is 0 Å². The van der Waals surface area contributed by atoms with Crippen LogP contribution in [0.25, 0.3) is 0 Å². The molecule has 0 radical (unpaired) electrons. The normalized spacial score (nSPS) is 27.4. The van der Waals surface area contributed by atoms with Crippen LogP contribution in [0.4, 0.5) is 0 Å². The number of hydrogen-bond acceptors (Lipinski definition) is 3. The molecular formula is C16H19NO3. The molecule has 1 aromatic carbocycles. The van der Waals surface area contributed by atoms with Crippen LogP contribution in [0.15, 0.2) is 30.3 Å². The summed E-state index contributed by atoms with van der Waals surface area (Å²) in [4.78, 5) is 14.8. The maximum Gasteiger partial charge on any atom is 0.235 e. The highest BCUT2D eigenvalue weighted by Gasteiger charge is 2.74. The fourth-order valence-electron chi connectivity index (χ4n) is 3.65. The maximum absolute atomic E-state index is 12.8. The molecule has 4 heteroatoms. The van der Waals surface area contributed by atoms with Crippen molar-refractivity contribution in [1.29, 1.82) is 0 Å². The van der Waals surface area contributed by atoms with Crippen molar-refractivity contribution in [2.75, 3.05) is 19.8 Å². The summed E-state index contributed by atoms with van der Waals surface area (Å²) in [6, 6.07) is 10.2. The summed E-state index contributed by atoms with van der Waals surface area (Å²) < 4.78 is 11.8. The van der Waals surface area contributed by atoms with Crippen molar-refractivity contribution in [2.45, 2.75) is 31.6 Å². The predicted octanol–water partition coefficient (Wildman–Crippen LogP) is 2.11. The van der Waals surface area contributed by atoms with Crippen LogP contribution < -0.4 is 0 Å². The minimum Gasteiger partial charge on any atom is -0.345 e. The molecule has 1 saturated carbocycles. The fraction of sp³-hybridized carbons (Fsp3) is 0.562. The lowest BCUT2D eigenvalue weighted by Crippen LogP contribution is -2.41. The number of carbonyl (C=O) groups excluding carboxylic acids is 1. The van der Waals surface area contributed by atoms with Crippen LogP contribution >= 0.6 is 0 Å². The Bertz CT molecular complexity index is 532. The van der Waals surface area contributed by atoms with Gasteiger partial charge >= 0.3 is 0 Å². The van der Waals surface area contributed by atoms with Gasteiger partial charge in [0.25, 0.3) is 0 Å². The first-order chi connectivity index (χ1) is 9.69. The van der Waals surface area contributed by atoms with Gasteiger partial charge in [0.1, 0.15) is 5.41 Å². The van der Waals surface area contributed by atoms with Crippen molar-refractivity contribution >= 4 is 5.91 Å². The lowest BCUT2D eigenvalue weighted by Gasteiger charge is -2.28. The maximum atomic E-state index is 12.8. The number of rotatable bonds is 2. The fourth-order valence-corrected chi connectivity index (χ4v) is 3.65. The van der Waals surface area contributed by atoms with E-state index in [1.807, 2.05) is 23.1 Å². The second kappa shape index (κ2) is 4.06. The Morgan fingerprint density at radius 3 is 2.40 bits per heavy atom. The van der Waals surface area contributed by atoms with Gasteiger partial charge in [-0.3, -0.25) is 4.79 Å². The minimum atomic E-state index is -0.673. The van der Waals surface area contributed by atoms with Crippen LogP contribution in [0.2, 0.25) is 0 Å². The zero-order chi connectivity index (χ0) is 13.8. The molecule has 2 spiro atoms. The van der Waals surface area contributed by atoms with Gasteiger partial charge in [-0.25, -0.2) is 0 Å². The molecule has 0 unspecified atom stereocenters. The highest BCUT2D eigenvalue weighted by Crippen LogP contribution is 2.63. The van der Waals surface area contributed by atoms with E-state index in [0.717, 1.165) is 18.4 Å². The van der Waals surface area contributed by atoms with Gasteiger partial charge in [0, 0.05) is 0 Å². The third kappa shape index (κ3) is 1.46. The molecule has 3 fully saturated rings. The Morgan fingerprint density at radius 2 is 1.80 bits per heavy atom. The first kappa shape index (κ1) is 12.4. The Labute approximate surface area is 118 Å². The third-order valence-electron chi connectivity index (χ3n) is 5.03. The molecule has 0 N–H and O–H groups in total. The number of hydrogen-bond donors (Lipinski definition) is 0. The Balaban J connectivity index is 1.66. The van der Waals surface area contributed by atoms with Crippen LogP contribution in [-0.4, -0.2) is 36.4 Å². The van der Waals surface area contributed by atoms with E-state index in [-0.39, 0.29) is 11.9 Å². The number of carbonyl (C=O) groups is 1. The Hall–Kier alpha value is -1.39. The molecule has 2 saturated heterocycles. The van der Waals surface area contributed by atoms with E-state index in [0.29, 0.717) is 19.8 Å². The molecule has 20 heavy (non-hydrogen) atoms. The molecule has 0 aromatic heterocycles. The zero-order valence-electron chi connectivity index (χ0n) is 11.7. The summed E-state index contributed by atoms with van der Waals surface area (Å²) in [6.45, 7) is 3.84. The van der Waals surface area contributed by atoms with Crippen molar-refractivity contribution in [3.05, 3.63) is 35.9 Å². The number of benzene rings is 1. The molecule has 0 bridgehead atoms. The molecule has 1 aliphatic carbocycles. The van der Waals surface area contributed by atoms with Gasteiger partial charge < -0.3 is 14.4 Å². The van der Waals surface area contributed by atoms with E-state index < -0.39 is 11.2 Å². The molecule has 3 aliphatic rings. The minimum absolute atomic E-state index is 0.0633. The number of ether oxygens (including phenoxy) is 2. The summed E-state index contributed by atoms with van der Waals surface area (Å²) in [5.74, 6) is -0.469. The Morgan fingerprint density at radius 1 is 1.15 bits per heavy atom. The molecule has 1 aromatic rings. The zero-order valence-corrected chi connectivity index (χ0v) is 11.7. The van der Waals surface area contributed by atoms with E-state index in [9.17, 15) is 4.79 Å². The van der Waals surface area contributed by atoms with Crippen LogP contribution in [0.5, 0.6) is 0 Å². The Kier molecular flexibility index (Phi) is 2.51. The average Bonchev–Trinajstić information content (AvgIpc) is 3.12. The van der Waals surface area contributed by atoms with Crippen LogP contribution in [0.1, 0.15) is 31.4 Å². The molecule has 4 rings (SSSR count). The van der Waals surface area contributed by atoms with Gasteiger partial charge in [0.15, 0.2) is 0 Å². The van der Waals surface area contributed by atoms with E-state index >= 15 is 0 Å². The number of fused-ring (bicyclic) bond motifs is 1. The first-order valence-corrected chi connectivity index (χ1v) is 7.33. The van der Waals surface area contributed by atoms with E-state index in [4.69, 9.17) is 9.47 Å². The SMILES string of the molecule is C[C@H](c1ccccc1)N1CC2(OCCO2)C2(CC2)C1=O. The second-order valence-corrected chi connectivity index (χ2v) is 6.05. The van der Waals surface area contributed by atoms with Gasteiger partial charge in [-0.2, -0.15) is 0 Å². The summed E-state index contributed by atoms with van der Waals surface area (Å²) in [5, 5.41) is 0. The lowest BCUT2D eigenvalue weighted by molar-refractivity contribution is -0.185. The van der Waals surface area contributed by atoms with Crippen molar-refractivity contribution < 1.29 is 14.3 Å². The molecule has 2 heterocycles. The van der Waals surface area contributed by atoms with Crippen molar-refractivity contribution in [3.8, 4) is 0 Å². The monoisotopic (exact) mass is 273 g/mol. The summed E-state index contributed by atoms with van der Waals surface area (Å²) in [6.07, 6.45) is 1.79. The molecule has 2 aliphatic heterocycles. The smallest absolute Gasteiger partial charge is 0.235 e. The summed E-state index contributed by atoms with van der Waals surface area (Å²) in [7, 11) is 0. The lowest BCUT2D eigenvalue weighted by atomic mass is 9.98. The second-order valence-electron chi connectivity index (χ2n) is 6.05. The van der Waals surface area contributed by atoms with Gasteiger partial charge in [-0.15, -0.1) is 0 Å². The number of likely N-dealkylation sites (tertiary alicyclic amines) is 1. The summed E-state index contributed by atoms with van der Waals surface area (Å²) >= 11 is 0. The largest absolute Gasteiger partial charge is 0.345 e. The quantitative estimate of drug-likeness (QED) is 0.828. The predicted molar refractivity (Wildman–Crippen MR) is 72.9 cm³/mol.